The van der Waals surface area contributed by atoms with Gasteiger partial charge in [0.25, 0.3) is 23.6 Å². The Balaban J connectivity index is 0.000000420. The quantitative estimate of drug-likeness (QED) is 0.187. The van der Waals surface area contributed by atoms with Crippen LogP contribution >= 0.6 is 0 Å². The van der Waals surface area contributed by atoms with Gasteiger partial charge in [0, 0.05) is 27.2 Å². The van der Waals surface area contributed by atoms with E-state index in [1.54, 1.807) is 13.8 Å². The second-order valence-electron chi connectivity index (χ2n) is 7.92. The zero-order valence-electron chi connectivity index (χ0n) is 22.8. The first-order chi connectivity index (χ1) is 19.7. The summed E-state index contributed by atoms with van der Waals surface area (Å²) in [6.07, 6.45) is 0. The Kier molecular flexibility index (Phi) is 12.3. The van der Waals surface area contributed by atoms with Crippen LogP contribution in [0.15, 0.2) is 24.3 Å². The first kappa shape index (κ1) is 34.2. The van der Waals surface area contributed by atoms with E-state index in [-0.39, 0.29) is 18.7 Å². The minimum atomic E-state index is -1.56. The zero-order valence-corrected chi connectivity index (χ0v) is 22.8. The van der Waals surface area contributed by atoms with Crippen molar-refractivity contribution in [1.82, 2.24) is 21.3 Å². The van der Waals surface area contributed by atoms with Crippen molar-refractivity contribution >= 4 is 47.5 Å². The number of hydrogen-bond donors (Lipinski definition) is 8. The smallest absolute Gasteiger partial charge is 0.337 e. The lowest BCUT2D eigenvalue weighted by molar-refractivity contribution is 0.0674. The van der Waals surface area contributed by atoms with E-state index in [0.717, 1.165) is 24.3 Å². The molecule has 0 radical (unpaired) electrons. The fourth-order valence-electron chi connectivity index (χ4n) is 3.61. The third kappa shape index (κ3) is 7.65. The summed E-state index contributed by atoms with van der Waals surface area (Å²) in [6.45, 7) is 3.71. The Morgan fingerprint density at radius 3 is 1.10 bits per heavy atom. The van der Waals surface area contributed by atoms with Gasteiger partial charge in [-0.3, -0.25) is 19.2 Å². The summed E-state index contributed by atoms with van der Waals surface area (Å²) in [5.41, 5.74) is -3.78. The van der Waals surface area contributed by atoms with Gasteiger partial charge in [0.1, 0.15) is 0 Å². The molecular weight excluding hydrogens is 560 g/mol. The molecule has 0 atom stereocenters. The van der Waals surface area contributed by atoms with Gasteiger partial charge in [0.15, 0.2) is 0 Å². The average molecular weight is 589 g/mol. The van der Waals surface area contributed by atoms with Crippen molar-refractivity contribution in [2.24, 2.45) is 0 Å². The van der Waals surface area contributed by atoms with Crippen molar-refractivity contribution in [1.29, 1.82) is 0 Å². The normalized spacial score (nSPS) is 9.81. The first-order valence-electron chi connectivity index (χ1n) is 12.0. The Morgan fingerprint density at radius 2 is 0.786 bits per heavy atom. The summed E-state index contributed by atoms with van der Waals surface area (Å²) in [7, 11) is 2.49. The molecule has 0 bridgehead atoms. The molecule has 0 aliphatic rings. The molecule has 0 saturated heterocycles. The molecule has 2 rings (SSSR count). The molecule has 42 heavy (non-hydrogen) atoms. The molecule has 0 fully saturated rings. The third-order valence-corrected chi connectivity index (χ3v) is 5.37. The predicted octanol–water partition coefficient (Wildman–Crippen LogP) is 0.385. The maximum atomic E-state index is 12.0. The van der Waals surface area contributed by atoms with E-state index in [0.29, 0.717) is 0 Å². The summed E-state index contributed by atoms with van der Waals surface area (Å²) < 4.78 is 0. The number of amides is 4. The van der Waals surface area contributed by atoms with Crippen LogP contribution < -0.4 is 21.3 Å². The van der Waals surface area contributed by atoms with E-state index in [9.17, 15) is 43.5 Å². The summed E-state index contributed by atoms with van der Waals surface area (Å²) in [4.78, 5) is 92.6. The average Bonchev–Trinajstić information content (AvgIpc) is 2.94. The van der Waals surface area contributed by atoms with E-state index >= 15 is 0 Å². The molecule has 0 spiro atoms. The molecule has 16 nitrogen and oxygen atoms in total. The maximum absolute atomic E-state index is 12.0. The molecular formula is C26H28N4O12. The topological polar surface area (TPSA) is 266 Å². The van der Waals surface area contributed by atoms with Crippen LogP contribution in [0.1, 0.15) is 96.7 Å². The van der Waals surface area contributed by atoms with Crippen molar-refractivity contribution in [3.63, 3.8) is 0 Å². The van der Waals surface area contributed by atoms with E-state index in [1.807, 2.05) is 0 Å². The van der Waals surface area contributed by atoms with Crippen LogP contribution in [0.3, 0.4) is 0 Å². The molecule has 0 unspecified atom stereocenters. The highest BCUT2D eigenvalue weighted by molar-refractivity contribution is 6.17. The highest BCUT2D eigenvalue weighted by atomic mass is 16.4. The minimum absolute atomic E-state index is 0.197. The van der Waals surface area contributed by atoms with E-state index in [4.69, 9.17) is 15.3 Å². The number of carboxylic acids is 4. The second kappa shape index (κ2) is 15.1. The Morgan fingerprint density at radius 1 is 0.476 bits per heavy atom. The van der Waals surface area contributed by atoms with Crippen LogP contribution in [-0.2, 0) is 0 Å². The predicted molar refractivity (Wildman–Crippen MR) is 144 cm³/mol. The van der Waals surface area contributed by atoms with E-state index in [2.05, 4.69) is 21.3 Å². The van der Waals surface area contributed by atoms with Crippen molar-refractivity contribution in [3.05, 3.63) is 68.8 Å². The molecule has 224 valence electrons. The molecule has 0 aliphatic carbocycles. The maximum Gasteiger partial charge on any atom is 0.337 e. The molecule has 8 N–H and O–H groups in total. The van der Waals surface area contributed by atoms with Crippen LogP contribution in [0, 0.1) is 0 Å². The van der Waals surface area contributed by atoms with Gasteiger partial charge >= 0.3 is 23.9 Å². The van der Waals surface area contributed by atoms with Crippen LogP contribution in [-0.4, -0.2) is 95.1 Å². The summed E-state index contributed by atoms with van der Waals surface area (Å²) >= 11 is 0. The van der Waals surface area contributed by atoms with E-state index < -0.39 is 86.5 Å². The Bertz CT molecular complexity index is 1470. The molecule has 0 aromatic heterocycles. The molecule has 4 amide bonds. The molecule has 2 aromatic carbocycles. The monoisotopic (exact) mass is 588 g/mol. The minimum Gasteiger partial charge on any atom is -0.478 e. The molecule has 2 aromatic rings. The number of aromatic carboxylic acids is 4. The SMILES string of the molecule is CCNC(=O)c1c(C(=O)O)ccc(C(=O)O)c1C(=O)NC.CCNC(=O)c1ccc(C(=O)O)c(C(=O)NC)c1C(=O)O. The van der Waals surface area contributed by atoms with Gasteiger partial charge in [0.05, 0.1) is 44.5 Å². The first-order valence-corrected chi connectivity index (χ1v) is 12.0. The lowest BCUT2D eigenvalue weighted by Gasteiger charge is -2.13. The van der Waals surface area contributed by atoms with Crippen LogP contribution in [0.2, 0.25) is 0 Å². The van der Waals surface area contributed by atoms with Gasteiger partial charge in [-0.15, -0.1) is 0 Å². The Hall–Kier alpha value is -5.80. The largest absolute Gasteiger partial charge is 0.478 e. The molecule has 0 aliphatic heterocycles. The van der Waals surface area contributed by atoms with Crippen LogP contribution in [0.4, 0.5) is 0 Å². The lowest BCUT2D eigenvalue weighted by Crippen LogP contribution is -2.31. The number of carbonyl (C=O) groups is 8. The second-order valence-corrected chi connectivity index (χ2v) is 7.92. The van der Waals surface area contributed by atoms with Gasteiger partial charge in [-0.05, 0) is 38.1 Å². The number of nitrogens with one attached hydrogen (secondary N) is 4. The Labute approximate surface area is 237 Å². The van der Waals surface area contributed by atoms with E-state index in [1.165, 1.54) is 14.1 Å². The van der Waals surface area contributed by atoms with Crippen LogP contribution in [0.25, 0.3) is 0 Å². The third-order valence-electron chi connectivity index (χ3n) is 5.37. The van der Waals surface area contributed by atoms with Crippen LogP contribution in [0.5, 0.6) is 0 Å². The van der Waals surface area contributed by atoms with Gasteiger partial charge in [-0.2, -0.15) is 0 Å². The fourth-order valence-corrected chi connectivity index (χ4v) is 3.61. The summed E-state index contributed by atoms with van der Waals surface area (Å²) in [6, 6.07) is 4.08. The molecule has 16 heteroatoms. The number of hydrogen-bond acceptors (Lipinski definition) is 8. The highest BCUT2D eigenvalue weighted by Gasteiger charge is 2.30. The number of benzene rings is 2. The lowest BCUT2D eigenvalue weighted by atomic mass is 9.94. The number of carboxylic acid groups (broad SMARTS) is 4. The highest BCUT2D eigenvalue weighted by Crippen LogP contribution is 2.22. The van der Waals surface area contributed by atoms with Gasteiger partial charge in [-0.25, -0.2) is 19.2 Å². The molecule has 0 saturated carbocycles. The van der Waals surface area contributed by atoms with Crippen molar-refractivity contribution in [2.75, 3.05) is 27.2 Å². The molecule has 0 heterocycles. The standard InChI is InChI=1S/2C13H14N2O6/c1-3-15-10(16)6-4-5-7(12(18)19)8(11(17)14-2)9(6)13(20)21;1-3-15-11(17)9-7(13(20)21)5-4-6(12(18)19)8(9)10(16)14-2/h4-5H,3H2,1-2H3,(H,14,17)(H,15,16)(H,18,19)(H,20,21);4-5H,3H2,1-2H3,(H,14,16)(H,15,17)(H,18,19)(H,20,21). The zero-order chi connectivity index (χ0) is 32.3. The number of carbonyl (C=O) groups excluding carboxylic acids is 4. The summed E-state index contributed by atoms with van der Waals surface area (Å²) in [5, 5.41) is 45.7. The van der Waals surface area contributed by atoms with Crippen molar-refractivity contribution in [2.45, 2.75) is 13.8 Å². The van der Waals surface area contributed by atoms with Crippen molar-refractivity contribution < 1.29 is 58.8 Å². The number of rotatable bonds is 10. The van der Waals surface area contributed by atoms with Gasteiger partial charge < -0.3 is 41.7 Å². The van der Waals surface area contributed by atoms with Gasteiger partial charge in [-0.1, -0.05) is 0 Å². The van der Waals surface area contributed by atoms with Gasteiger partial charge in [0.2, 0.25) is 0 Å². The van der Waals surface area contributed by atoms with Crippen molar-refractivity contribution in [3.8, 4) is 0 Å². The summed E-state index contributed by atoms with van der Waals surface area (Å²) in [5.74, 6) is -9.15. The fraction of sp³-hybridized carbons (Fsp3) is 0.231.